The summed E-state index contributed by atoms with van der Waals surface area (Å²) in [6, 6.07) is 9.74. The highest BCUT2D eigenvalue weighted by atomic mass is 16.4. The Balaban J connectivity index is 2.20. The van der Waals surface area contributed by atoms with E-state index in [0.29, 0.717) is 5.56 Å². The second kappa shape index (κ2) is 3.88. The molecule has 1 aliphatic carbocycles. The molecule has 1 aliphatic rings. The van der Waals surface area contributed by atoms with Gasteiger partial charge in [-0.15, -0.1) is 0 Å². The Hall–Kier alpha value is -1.83. The summed E-state index contributed by atoms with van der Waals surface area (Å²) in [5.41, 5.74) is 3.20. The van der Waals surface area contributed by atoms with Crippen LogP contribution >= 0.6 is 0 Å². The van der Waals surface area contributed by atoms with E-state index in [0.717, 1.165) is 23.6 Å². The summed E-state index contributed by atoms with van der Waals surface area (Å²) in [5, 5.41) is 11.2. The molecule has 0 bridgehead atoms. The lowest BCUT2D eigenvalue weighted by molar-refractivity contribution is 0.0697. The third-order valence-corrected chi connectivity index (χ3v) is 3.55. The van der Waals surface area contributed by atoms with Crippen molar-refractivity contribution in [2.45, 2.75) is 25.7 Å². The van der Waals surface area contributed by atoms with Crippen LogP contribution in [0.25, 0.3) is 10.8 Å². The van der Waals surface area contributed by atoms with E-state index in [1.807, 2.05) is 6.07 Å². The molecule has 0 atom stereocenters. The molecule has 0 radical (unpaired) electrons. The van der Waals surface area contributed by atoms with Gasteiger partial charge in [0.1, 0.15) is 0 Å². The fourth-order valence-electron chi connectivity index (χ4n) is 2.62. The van der Waals surface area contributed by atoms with Crippen LogP contribution in [0.15, 0.2) is 30.3 Å². The Bertz CT molecular complexity index is 599. The number of fused-ring (bicyclic) bond motifs is 2. The van der Waals surface area contributed by atoms with Gasteiger partial charge in [-0.1, -0.05) is 18.2 Å². The van der Waals surface area contributed by atoms with Crippen molar-refractivity contribution in [2.24, 2.45) is 0 Å². The maximum absolute atomic E-state index is 10.9. The third-order valence-electron chi connectivity index (χ3n) is 3.55. The summed E-state index contributed by atoms with van der Waals surface area (Å²) in [6.45, 7) is 0. The van der Waals surface area contributed by atoms with Gasteiger partial charge in [-0.25, -0.2) is 4.79 Å². The minimum absolute atomic E-state index is 0.369. The molecular weight excluding hydrogens is 212 g/mol. The Morgan fingerprint density at radius 2 is 1.59 bits per heavy atom. The zero-order chi connectivity index (χ0) is 11.8. The lowest BCUT2D eigenvalue weighted by atomic mass is 9.89. The molecule has 86 valence electrons. The normalized spacial score (nSPS) is 14.6. The van der Waals surface area contributed by atoms with Gasteiger partial charge in [0.25, 0.3) is 0 Å². The number of benzene rings is 2. The number of hydrogen-bond donors (Lipinski definition) is 1. The van der Waals surface area contributed by atoms with E-state index in [-0.39, 0.29) is 0 Å². The summed E-state index contributed by atoms with van der Waals surface area (Å²) in [4.78, 5) is 10.9. The zero-order valence-corrected chi connectivity index (χ0v) is 9.57. The number of carbonyl (C=O) groups is 1. The number of hydrogen-bond acceptors (Lipinski definition) is 1. The Morgan fingerprint density at radius 3 is 2.24 bits per heavy atom. The molecule has 2 heteroatoms. The van der Waals surface area contributed by atoms with Crippen LogP contribution in [-0.2, 0) is 12.8 Å². The lowest BCUT2D eigenvalue weighted by Gasteiger charge is -2.16. The van der Waals surface area contributed by atoms with Gasteiger partial charge in [0.05, 0.1) is 5.56 Å². The SMILES string of the molecule is O=C(O)c1ccc2cc3c(cc2c1)CCCC3. The molecule has 3 rings (SSSR count). The van der Waals surface area contributed by atoms with Crippen LogP contribution < -0.4 is 0 Å². The average Bonchev–Trinajstić information content (AvgIpc) is 2.35. The number of carboxylic acids is 1. The first-order valence-corrected chi connectivity index (χ1v) is 6.03. The smallest absolute Gasteiger partial charge is 0.335 e. The zero-order valence-electron chi connectivity index (χ0n) is 9.57. The molecule has 0 heterocycles. The van der Waals surface area contributed by atoms with Gasteiger partial charge in [0.2, 0.25) is 0 Å². The summed E-state index contributed by atoms with van der Waals surface area (Å²) in [7, 11) is 0. The lowest BCUT2D eigenvalue weighted by Crippen LogP contribution is -2.02. The van der Waals surface area contributed by atoms with Gasteiger partial charge >= 0.3 is 5.97 Å². The molecule has 2 aromatic rings. The second-order valence-electron chi connectivity index (χ2n) is 4.70. The number of rotatable bonds is 1. The van der Waals surface area contributed by atoms with Gasteiger partial charge < -0.3 is 5.11 Å². The van der Waals surface area contributed by atoms with Gasteiger partial charge in [0.15, 0.2) is 0 Å². The van der Waals surface area contributed by atoms with Crippen LogP contribution in [0, 0.1) is 0 Å². The summed E-state index contributed by atoms with van der Waals surface area (Å²) in [5.74, 6) is -0.857. The molecule has 2 aromatic carbocycles. The fraction of sp³-hybridized carbons (Fsp3) is 0.267. The highest BCUT2D eigenvalue weighted by Crippen LogP contribution is 2.27. The van der Waals surface area contributed by atoms with E-state index < -0.39 is 5.97 Å². The predicted molar refractivity (Wildman–Crippen MR) is 67.5 cm³/mol. The Kier molecular flexibility index (Phi) is 2.36. The van der Waals surface area contributed by atoms with Gasteiger partial charge in [-0.3, -0.25) is 0 Å². The van der Waals surface area contributed by atoms with E-state index in [2.05, 4.69) is 12.1 Å². The van der Waals surface area contributed by atoms with Crippen molar-refractivity contribution in [2.75, 3.05) is 0 Å². The van der Waals surface area contributed by atoms with Crippen LogP contribution in [-0.4, -0.2) is 11.1 Å². The van der Waals surface area contributed by atoms with E-state index >= 15 is 0 Å². The largest absolute Gasteiger partial charge is 0.478 e. The Morgan fingerprint density at radius 1 is 0.941 bits per heavy atom. The molecule has 0 spiro atoms. The fourth-order valence-corrected chi connectivity index (χ4v) is 2.62. The van der Waals surface area contributed by atoms with Crippen molar-refractivity contribution in [3.8, 4) is 0 Å². The van der Waals surface area contributed by atoms with Crippen LogP contribution in [0.4, 0.5) is 0 Å². The average molecular weight is 226 g/mol. The molecule has 0 saturated carbocycles. The maximum atomic E-state index is 10.9. The highest BCUT2D eigenvalue weighted by Gasteiger charge is 2.11. The molecule has 17 heavy (non-hydrogen) atoms. The monoisotopic (exact) mass is 226 g/mol. The second-order valence-corrected chi connectivity index (χ2v) is 4.70. The number of carboxylic acid groups (broad SMARTS) is 1. The molecule has 0 fully saturated rings. The van der Waals surface area contributed by atoms with Crippen molar-refractivity contribution >= 4 is 16.7 Å². The summed E-state index contributed by atoms with van der Waals surface area (Å²) >= 11 is 0. The molecule has 0 aliphatic heterocycles. The maximum Gasteiger partial charge on any atom is 0.335 e. The number of aryl methyl sites for hydroxylation is 2. The van der Waals surface area contributed by atoms with E-state index in [9.17, 15) is 4.79 Å². The first-order valence-electron chi connectivity index (χ1n) is 6.03. The van der Waals surface area contributed by atoms with Crippen molar-refractivity contribution < 1.29 is 9.90 Å². The Labute approximate surface area is 99.9 Å². The first kappa shape index (κ1) is 10.3. The molecule has 1 N–H and O–H groups in total. The van der Waals surface area contributed by atoms with Crippen LogP contribution in [0.2, 0.25) is 0 Å². The van der Waals surface area contributed by atoms with Crippen molar-refractivity contribution in [3.05, 3.63) is 47.0 Å². The predicted octanol–water partition coefficient (Wildman–Crippen LogP) is 3.42. The van der Waals surface area contributed by atoms with E-state index in [1.165, 1.54) is 24.0 Å². The van der Waals surface area contributed by atoms with E-state index in [1.54, 1.807) is 12.1 Å². The molecule has 0 saturated heterocycles. The van der Waals surface area contributed by atoms with Crippen molar-refractivity contribution in [3.63, 3.8) is 0 Å². The topological polar surface area (TPSA) is 37.3 Å². The third kappa shape index (κ3) is 1.80. The molecular formula is C15H14O2. The quantitative estimate of drug-likeness (QED) is 0.809. The van der Waals surface area contributed by atoms with Crippen LogP contribution in [0.3, 0.4) is 0 Å². The van der Waals surface area contributed by atoms with Crippen molar-refractivity contribution in [1.29, 1.82) is 0 Å². The highest BCUT2D eigenvalue weighted by molar-refractivity contribution is 5.94. The van der Waals surface area contributed by atoms with Crippen LogP contribution in [0.5, 0.6) is 0 Å². The minimum Gasteiger partial charge on any atom is -0.478 e. The van der Waals surface area contributed by atoms with Gasteiger partial charge in [-0.05, 0) is 59.7 Å². The molecule has 0 unspecified atom stereocenters. The summed E-state index contributed by atoms with van der Waals surface area (Å²) < 4.78 is 0. The van der Waals surface area contributed by atoms with Crippen LogP contribution in [0.1, 0.15) is 34.3 Å². The molecule has 2 nitrogen and oxygen atoms in total. The van der Waals surface area contributed by atoms with Gasteiger partial charge in [-0.2, -0.15) is 0 Å². The molecule has 0 amide bonds. The first-order chi connectivity index (χ1) is 8.24. The standard InChI is InChI=1S/C15H14O2/c16-15(17)13-6-5-12-7-10-3-1-2-4-11(10)8-14(12)9-13/h5-9H,1-4H2,(H,16,17). The van der Waals surface area contributed by atoms with E-state index in [4.69, 9.17) is 5.11 Å². The van der Waals surface area contributed by atoms with Crippen molar-refractivity contribution in [1.82, 2.24) is 0 Å². The molecule has 0 aromatic heterocycles. The summed E-state index contributed by atoms with van der Waals surface area (Å²) in [6.07, 6.45) is 4.80. The number of aromatic carboxylic acids is 1. The minimum atomic E-state index is -0.857. The van der Waals surface area contributed by atoms with Gasteiger partial charge in [0, 0.05) is 0 Å².